The van der Waals surface area contributed by atoms with Gasteiger partial charge in [0.05, 0.1) is 6.10 Å². The van der Waals surface area contributed by atoms with Gasteiger partial charge in [-0.2, -0.15) is 0 Å². The average molecular weight is 292 g/mol. The zero-order valence-corrected chi connectivity index (χ0v) is 12.4. The SMILES string of the molecule is CCOC(C)CN1C(=O)C2(CC2)NC1c1ccc(F)cc1. The lowest BCUT2D eigenvalue weighted by molar-refractivity contribution is -0.132. The summed E-state index contributed by atoms with van der Waals surface area (Å²) in [4.78, 5) is 14.4. The maximum absolute atomic E-state index is 13.1. The molecule has 0 bridgehead atoms. The fraction of sp³-hybridized carbons (Fsp3) is 0.562. The molecule has 114 valence electrons. The lowest BCUT2D eigenvalue weighted by Gasteiger charge is -2.27. The third kappa shape index (κ3) is 2.68. The van der Waals surface area contributed by atoms with Crippen LogP contribution in [0.5, 0.6) is 0 Å². The van der Waals surface area contributed by atoms with E-state index >= 15 is 0 Å². The normalized spacial score (nSPS) is 24.6. The number of ether oxygens (including phenoxy) is 1. The van der Waals surface area contributed by atoms with E-state index in [4.69, 9.17) is 4.74 Å². The third-order valence-corrected chi connectivity index (χ3v) is 4.24. The summed E-state index contributed by atoms with van der Waals surface area (Å²) in [6.45, 7) is 5.09. The minimum Gasteiger partial charge on any atom is -0.377 e. The van der Waals surface area contributed by atoms with E-state index in [0.717, 1.165) is 18.4 Å². The highest BCUT2D eigenvalue weighted by Gasteiger charge is 2.59. The number of halogens is 1. The van der Waals surface area contributed by atoms with Gasteiger partial charge in [0.15, 0.2) is 0 Å². The number of rotatable bonds is 5. The molecular weight excluding hydrogens is 271 g/mol. The second-order valence-corrected chi connectivity index (χ2v) is 5.90. The van der Waals surface area contributed by atoms with E-state index in [-0.39, 0.29) is 29.5 Å². The second kappa shape index (κ2) is 5.39. The van der Waals surface area contributed by atoms with Crippen molar-refractivity contribution in [1.82, 2.24) is 10.2 Å². The van der Waals surface area contributed by atoms with E-state index in [0.29, 0.717) is 13.2 Å². The van der Waals surface area contributed by atoms with Crippen molar-refractivity contribution in [3.05, 3.63) is 35.6 Å². The monoisotopic (exact) mass is 292 g/mol. The van der Waals surface area contributed by atoms with Crippen LogP contribution in [0.4, 0.5) is 4.39 Å². The fourth-order valence-electron chi connectivity index (χ4n) is 2.99. The highest BCUT2D eigenvalue weighted by Crippen LogP contribution is 2.45. The Kier molecular flexibility index (Phi) is 3.71. The molecule has 2 fully saturated rings. The molecule has 0 aromatic heterocycles. The van der Waals surface area contributed by atoms with E-state index in [1.54, 1.807) is 12.1 Å². The topological polar surface area (TPSA) is 41.6 Å². The van der Waals surface area contributed by atoms with Crippen molar-refractivity contribution in [2.75, 3.05) is 13.2 Å². The van der Waals surface area contributed by atoms with Crippen LogP contribution in [0.1, 0.15) is 38.4 Å². The van der Waals surface area contributed by atoms with E-state index in [2.05, 4.69) is 5.32 Å². The van der Waals surface area contributed by atoms with Crippen LogP contribution in [0.15, 0.2) is 24.3 Å². The molecule has 1 aromatic carbocycles. The predicted octanol–water partition coefficient (Wildman–Crippen LogP) is 2.21. The maximum Gasteiger partial charge on any atom is 0.244 e. The standard InChI is InChI=1S/C16H21FN2O2/c1-3-21-11(2)10-19-14(12-4-6-13(17)7-5-12)18-16(8-9-16)15(19)20/h4-7,11,14,18H,3,8-10H2,1-2H3. The van der Waals surface area contributed by atoms with E-state index in [1.165, 1.54) is 12.1 Å². The summed E-state index contributed by atoms with van der Waals surface area (Å²) in [5.41, 5.74) is 0.530. The summed E-state index contributed by atoms with van der Waals surface area (Å²) in [6, 6.07) is 6.34. The second-order valence-electron chi connectivity index (χ2n) is 5.90. The Morgan fingerprint density at radius 2 is 2.10 bits per heavy atom. The Balaban J connectivity index is 1.82. The highest BCUT2D eigenvalue weighted by atomic mass is 19.1. The van der Waals surface area contributed by atoms with Crippen molar-refractivity contribution >= 4 is 5.91 Å². The van der Waals surface area contributed by atoms with Gasteiger partial charge in [0.25, 0.3) is 0 Å². The maximum atomic E-state index is 13.1. The summed E-state index contributed by atoms with van der Waals surface area (Å²) in [6.07, 6.45) is 1.55. The summed E-state index contributed by atoms with van der Waals surface area (Å²) in [7, 11) is 0. The molecule has 2 unspecified atom stereocenters. The van der Waals surface area contributed by atoms with Crippen LogP contribution >= 0.6 is 0 Å². The van der Waals surface area contributed by atoms with E-state index in [1.807, 2.05) is 18.7 Å². The van der Waals surface area contributed by atoms with Crippen molar-refractivity contribution in [3.63, 3.8) is 0 Å². The Bertz CT molecular complexity index is 528. The number of hydrogen-bond acceptors (Lipinski definition) is 3. The third-order valence-electron chi connectivity index (χ3n) is 4.24. The first-order valence-corrected chi connectivity index (χ1v) is 7.51. The van der Waals surface area contributed by atoms with Crippen LogP contribution in [0.25, 0.3) is 0 Å². The molecule has 1 aliphatic heterocycles. The van der Waals surface area contributed by atoms with Gasteiger partial charge in [0.1, 0.15) is 17.5 Å². The van der Waals surface area contributed by atoms with Crippen molar-refractivity contribution in [2.24, 2.45) is 0 Å². The fourth-order valence-corrected chi connectivity index (χ4v) is 2.99. The minimum absolute atomic E-state index is 0.0161. The molecule has 1 amide bonds. The molecule has 1 heterocycles. The van der Waals surface area contributed by atoms with Crippen LogP contribution in [0.3, 0.4) is 0 Å². The molecule has 1 aromatic rings. The van der Waals surface area contributed by atoms with Crippen molar-refractivity contribution in [2.45, 2.75) is 44.5 Å². The van der Waals surface area contributed by atoms with Crippen molar-refractivity contribution in [3.8, 4) is 0 Å². The smallest absolute Gasteiger partial charge is 0.244 e. The molecule has 1 aliphatic carbocycles. The number of amides is 1. The van der Waals surface area contributed by atoms with Gasteiger partial charge >= 0.3 is 0 Å². The summed E-state index contributed by atoms with van der Waals surface area (Å²) < 4.78 is 18.7. The molecular formula is C16H21FN2O2. The van der Waals surface area contributed by atoms with Gasteiger partial charge in [-0.3, -0.25) is 10.1 Å². The highest BCUT2D eigenvalue weighted by molar-refractivity contribution is 5.92. The Morgan fingerprint density at radius 1 is 1.43 bits per heavy atom. The van der Waals surface area contributed by atoms with Crippen LogP contribution in [0, 0.1) is 5.82 Å². The first-order valence-electron chi connectivity index (χ1n) is 7.51. The van der Waals surface area contributed by atoms with Gasteiger partial charge in [-0.05, 0) is 44.4 Å². The van der Waals surface area contributed by atoms with Crippen molar-refractivity contribution < 1.29 is 13.9 Å². The molecule has 1 spiro atoms. The molecule has 5 heteroatoms. The molecule has 4 nitrogen and oxygen atoms in total. The molecule has 3 rings (SSSR count). The van der Waals surface area contributed by atoms with Gasteiger partial charge in [0.2, 0.25) is 5.91 Å². The quantitative estimate of drug-likeness (QED) is 0.904. The lowest BCUT2D eigenvalue weighted by atomic mass is 10.1. The van der Waals surface area contributed by atoms with Crippen LogP contribution in [0.2, 0.25) is 0 Å². The van der Waals surface area contributed by atoms with Gasteiger partial charge in [-0.1, -0.05) is 12.1 Å². The van der Waals surface area contributed by atoms with Crippen LogP contribution < -0.4 is 5.32 Å². The van der Waals surface area contributed by atoms with Crippen molar-refractivity contribution in [1.29, 1.82) is 0 Å². The van der Waals surface area contributed by atoms with E-state index < -0.39 is 0 Å². The van der Waals surface area contributed by atoms with Crippen LogP contribution in [-0.2, 0) is 9.53 Å². The zero-order valence-electron chi connectivity index (χ0n) is 12.4. The Labute approximate surface area is 124 Å². The molecule has 2 atom stereocenters. The van der Waals surface area contributed by atoms with E-state index in [9.17, 15) is 9.18 Å². The Hall–Kier alpha value is -1.46. The van der Waals surface area contributed by atoms with Gasteiger partial charge in [0, 0.05) is 13.2 Å². The number of nitrogens with zero attached hydrogens (tertiary/aromatic N) is 1. The first kappa shape index (κ1) is 14.5. The summed E-state index contributed by atoms with van der Waals surface area (Å²) in [5.74, 6) is -0.123. The van der Waals surface area contributed by atoms with Crippen LogP contribution in [-0.4, -0.2) is 35.6 Å². The predicted molar refractivity (Wildman–Crippen MR) is 77.0 cm³/mol. The summed E-state index contributed by atoms with van der Waals surface area (Å²) in [5, 5.41) is 3.42. The molecule has 1 saturated carbocycles. The Morgan fingerprint density at radius 3 is 2.67 bits per heavy atom. The number of benzene rings is 1. The van der Waals surface area contributed by atoms with Gasteiger partial charge < -0.3 is 9.64 Å². The molecule has 21 heavy (non-hydrogen) atoms. The minimum atomic E-state index is -0.384. The number of carbonyl (C=O) groups is 1. The zero-order chi connectivity index (χ0) is 15.0. The average Bonchev–Trinajstić information content (AvgIpc) is 3.19. The molecule has 2 aliphatic rings. The molecule has 1 saturated heterocycles. The number of carbonyl (C=O) groups excluding carboxylic acids is 1. The number of nitrogens with one attached hydrogen (secondary N) is 1. The van der Waals surface area contributed by atoms with Gasteiger partial charge in [-0.25, -0.2) is 4.39 Å². The van der Waals surface area contributed by atoms with Gasteiger partial charge in [-0.15, -0.1) is 0 Å². The molecule has 0 radical (unpaired) electrons. The summed E-state index contributed by atoms with van der Waals surface area (Å²) >= 11 is 0. The lowest BCUT2D eigenvalue weighted by Crippen LogP contribution is -2.37. The first-order chi connectivity index (χ1) is 10.1. The largest absolute Gasteiger partial charge is 0.377 e. The number of hydrogen-bond donors (Lipinski definition) is 1. The molecule has 1 N–H and O–H groups in total.